The largest absolute Gasteiger partial charge is 0.414 e. The number of thioether (sulfide) groups is 1. The van der Waals surface area contributed by atoms with Gasteiger partial charge in [0.25, 0.3) is 5.22 Å². The minimum Gasteiger partial charge on any atom is -0.414 e. The summed E-state index contributed by atoms with van der Waals surface area (Å²) in [6, 6.07) is 4.24. The number of anilines is 1. The molecule has 0 aliphatic heterocycles. The van der Waals surface area contributed by atoms with E-state index < -0.39 is 11.1 Å². The van der Waals surface area contributed by atoms with Crippen LogP contribution in [0, 0.1) is 12.7 Å². The van der Waals surface area contributed by atoms with Gasteiger partial charge >= 0.3 is 0 Å². The highest BCUT2D eigenvalue weighted by Gasteiger charge is 2.19. The van der Waals surface area contributed by atoms with Crippen LogP contribution in [0.15, 0.2) is 40.5 Å². The lowest BCUT2D eigenvalue weighted by molar-refractivity contribution is -0.115. The predicted molar refractivity (Wildman–Crippen MR) is 88.5 cm³/mol. The monoisotopic (exact) mass is 362 g/mol. The average molecular weight is 362 g/mol. The molecule has 25 heavy (non-hydrogen) atoms. The molecular formula is C15H15FN6O2S. The first-order valence-corrected chi connectivity index (χ1v) is 8.27. The molecule has 1 atom stereocenters. The molecule has 0 fully saturated rings. The number of halogens is 1. The summed E-state index contributed by atoms with van der Waals surface area (Å²) in [6.07, 6.45) is 2.95. The van der Waals surface area contributed by atoms with Gasteiger partial charge in [0.05, 0.1) is 5.25 Å². The first-order valence-electron chi connectivity index (χ1n) is 7.40. The van der Waals surface area contributed by atoms with Gasteiger partial charge in [-0.1, -0.05) is 17.8 Å². The summed E-state index contributed by atoms with van der Waals surface area (Å²) in [7, 11) is 0. The molecule has 2 heterocycles. The Balaban J connectivity index is 1.60. The van der Waals surface area contributed by atoms with Crippen LogP contribution in [-0.2, 0) is 11.3 Å². The zero-order chi connectivity index (χ0) is 17.8. The Morgan fingerprint density at radius 1 is 1.44 bits per heavy atom. The van der Waals surface area contributed by atoms with E-state index in [0.29, 0.717) is 18.1 Å². The maximum absolute atomic E-state index is 13.3. The van der Waals surface area contributed by atoms with Crippen LogP contribution in [0.4, 0.5) is 10.1 Å². The van der Waals surface area contributed by atoms with Crippen molar-refractivity contribution in [1.29, 1.82) is 0 Å². The average Bonchev–Trinajstić information content (AvgIpc) is 3.23. The third kappa shape index (κ3) is 4.41. The zero-order valence-corrected chi connectivity index (χ0v) is 14.3. The van der Waals surface area contributed by atoms with E-state index in [0.717, 1.165) is 17.3 Å². The van der Waals surface area contributed by atoms with Crippen LogP contribution in [0.25, 0.3) is 0 Å². The number of nitrogens with one attached hydrogen (secondary N) is 1. The second-order valence-corrected chi connectivity index (χ2v) is 6.56. The van der Waals surface area contributed by atoms with Crippen molar-refractivity contribution in [2.45, 2.75) is 30.9 Å². The van der Waals surface area contributed by atoms with E-state index in [4.69, 9.17) is 4.42 Å². The normalized spacial score (nSPS) is 12.1. The van der Waals surface area contributed by atoms with Crippen molar-refractivity contribution in [3.05, 3.63) is 48.1 Å². The summed E-state index contributed by atoms with van der Waals surface area (Å²) in [5, 5.41) is 14.2. The molecule has 1 unspecified atom stereocenters. The fraction of sp³-hybridized carbons (Fsp3) is 0.267. The van der Waals surface area contributed by atoms with Crippen molar-refractivity contribution in [2.75, 3.05) is 5.32 Å². The highest BCUT2D eigenvalue weighted by molar-refractivity contribution is 8.00. The Labute approximate surface area is 146 Å². The number of hydrogen-bond acceptors (Lipinski definition) is 7. The van der Waals surface area contributed by atoms with Crippen molar-refractivity contribution < 1.29 is 13.6 Å². The standard InChI is InChI=1S/C15H15FN6O2S/c1-9-3-4-11(16)5-12(9)19-14(23)10(2)25-15-21-20-13(24-15)6-22-8-17-7-18-22/h3-5,7-8,10H,6H2,1-2H3,(H,19,23). The van der Waals surface area contributed by atoms with Gasteiger partial charge in [-0.3, -0.25) is 4.79 Å². The number of amides is 1. The Bertz CT molecular complexity index is 867. The molecule has 8 nitrogen and oxygen atoms in total. The first-order chi connectivity index (χ1) is 12.0. The van der Waals surface area contributed by atoms with Gasteiger partial charge in [0.1, 0.15) is 25.0 Å². The van der Waals surface area contributed by atoms with E-state index in [-0.39, 0.29) is 11.1 Å². The summed E-state index contributed by atoms with van der Waals surface area (Å²) in [5.41, 5.74) is 1.22. The molecule has 10 heteroatoms. The third-order valence-corrected chi connectivity index (χ3v) is 4.25. The summed E-state index contributed by atoms with van der Waals surface area (Å²) in [4.78, 5) is 16.1. The molecule has 0 aliphatic carbocycles. The quantitative estimate of drug-likeness (QED) is 0.672. The predicted octanol–water partition coefficient (Wildman–Crippen LogP) is 2.28. The van der Waals surface area contributed by atoms with E-state index in [2.05, 4.69) is 25.6 Å². The van der Waals surface area contributed by atoms with Crippen LogP contribution in [0.2, 0.25) is 0 Å². The molecular weight excluding hydrogens is 347 g/mol. The van der Waals surface area contributed by atoms with Gasteiger partial charge < -0.3 is 9.73 Å². The molecule has 130 valence electrons. The zero-order valence-electron chi connectivity index (χ0n) is 13.5. The molecule has 1 amide bonds. The van der Waals surface area contributed by atoms with E-state index in [9.17, 15) is 9.18 Å². The van der Waals surface area contributed by atoms with Gasteiger partial charge in [-0.25, -0.2) is 14.1 Å². The number of carbonyl (C=O) groups excluding carboxylic acids is 1. The van der Waals surface area contributed by atoms with Gasteiger partial charge in [-0.15, -0.1) is 10.2 Å². The van der Waals surface area contributed by atoms with Gasteiger partial charge in [0, 0.05) is 5.69 Å². The van der Waals surface area contributed by atoms with Crippen LogP contribution in [0.3, 0.4) is 0 Å². The van der Waals surface area contributed by atoms with E-state index in [1.807, 2.05) is 0 Å². The lowest BCUT2D eigenvalue weighted by Crippen LogP contribution is -2.22. The van der Waals surface area contributed by atoms with E-state index in [1.165, 1.54) is 24.8 Å². The smallest absolute Gasteiger partial charge is 0.277 e. The number of carbonyl (C=O) groups is 1. The number of aromatic nitrogens is 5. The number of hydrogen-bond donors (Lipinski definition) is 1. The molecule has 2 aromatic heterocycles. The van der Waals surface area contributed by atoms with Crippen molar-refractivity contribution in [1.82, 2.24) is 25.0 Å². The summed E-state index contributed by atoms with van der Waals surface area (Å²) < 4.78 is 20.3. The van der Waals surface area contributed by atoms with Crippen molar-refractivity contribution >= 4 is 23.4 Å². The molecule has 1 N–H and O–H groups in total. The van der Waals surface area contributed by atoms with Crippen LogP contribution in [0.1, 0.15) is 18.4 Å². The number of benzene rings is 1. The Morgan fingerprint density at radius 3 is 3.04 bits per heavy atom. The second-order valence-electron chi connectivity index (χ2n) is 5.26. The highest BCUT2D eigenvalue weighted by atomic mass is 32.2. The first kappa shape index (κ1) is 17.1. The molecule has 0 saturated carbocycles. The Kier molecular flexibility index (Phi) is 5.08. The molecule has 3 aromatic rings. The van der Waals surface area contributed by atoms with Crippen LogP contribution >= 0.6 is 11.8 Å². The third-order valence-electron chi connectivity index (χ3n) is 3.32. The van der Waals surface area contributed by atoms with Gasteiger partial charge in [-0.05, 0) is 31.5 Å². The maximum Gasteiger partial charge on any atom is 0.277 e. The SMILES string of the molecule is Cc1ccc(F)cc1NC(=O)C(C)Sc1nnc(Cn2cncn2)o1. The maximum atomic E-state index is 13.3. The van der Waals surface area contributed by atoms with Crippen LogP contribution in [-0.4, -0.2) is 36.1 Å². The van der Waals surface area contributed by atoms with E-state index >= 15 is 0 Å². The lowest BCUT2D eigenvalue weighted by Gasteiger charge is -2.12. The van der Waals surface area contributed by atoms with Gasteiger partial charge in [0.2, 0.25) is 11.8 Å². The molecule has 0 aliphatic rings. The number of aryl methyl sites for hydroxylation is 1. The highest BCUT2D eigenvalue weighted by Crippen LogP contribution is 2.24. The number of rotatable bonds is 6. The van der Waals surface area contributed by atoms with Crippen molar-refractivity contribution in [3.8, 4) is 0 Å². The minimum atomic E-state index is -0.498. The molecule has 1 aromatic carbocycles. The van der Waals surface area contributed by atoms with Crippen molar-refractivity contribution in [2.24, 2.45) is 0 Å². The molecule has 0 spiro atoms. The summed E-state index contributed by atoms with van der Waals surface area (Å²) in [6.45, 7) is 3.80. The van der Waals surface area contributed by atoms with Gasteiger partial charge in [-0.2, -0.15) is 5.10 Å². The minimum absolute atomic E-state index is 0.272. The molecule has 0 saturated heterocycles. The Hall–Kier alpha value is -2.75. The lowest BCUT2D eigenvalue weighted by atomic mass is 10.2. The molecule has 3 rings (SSSR count). The molecule has 0 bridgehead atoms. The van der Waals surface area contributed by atoms with Crippen molar-refractivity contribution in [3.63, 3.8) is 0 Å². The Morgan fingerprint density at radius 2 is 2.28 bits per heavy atom. The molecule has 0 radical (unpaired) electrons. The fourth-order valence-corrected chi connectivity index (χ4v) is 2.67. The topological polar surface area (TPSA) is 98.7 Å². The van der Waals surface area contributed by atoms with Gasteiger partial charge in [0.15, 0.2) is 0 Å². The van der Waals surface area contributed by atoms with E-state index in [1.54, 1.807) is 24.6 Å². The summed E-state index contributed by atoms with van der Waals surface area (Å²) in [5.74, 6) is -0.327. The number of nitrogens with zero attached hydrogens (tertiary/aromatic N) is 5. The van der Waals surface area contributed by atoms with Crippen LogP contribution in [0.5, 0.6) is 0 Å². The van der Waals surface area contributed by atoms with Crippen LogP contribution < -0.4 is 5.32 Å². The summed E-state index contributed by atoms with van der Waals surface area (Å²) >= 11 is 1.12. The fourth-order valence-electron chi connectivity index (χ4n) is 1.97. The second kappa shape index (κ2) is 7.43.